The summed E-state index contributed by atoms with van der Waals surface area (Å²) in [4.78, 5) is 29.8. The molecule has 1 heterocycles. The largest absolute Gasteiger partial charge is 0.493 e. The second kappa shape index (κ2) is 13.1. The highest BCUT2D eigenvalue weighted by Crippen LogP contribution is 2.40. The number of carbonyl (C=O) groups excluding carboxylic acids is 2. The first kappa shape index (κ1) is 27.9. The average Bonchev–Trinajstić information content (AvgIpc) is 2.98. The van der Waals surface area contributed by atoms with E-state index in [9.17, 15) is 9.59 Å². The third-order valence-electron chi connectivity index (χ3n) is 6.85. The van der Waals surface area contributed by atoms with Gasteiger partial charge >= 0.3 is 5.97 Å². The van der Waals surface area contributed by atoms with E-state index in [0.29, 0.717) is 40.6 Å². The van der Waals surface area contributed by atoms with Crippen LogP contribution in [0.25, 0.3) is 0 Å². The molecule has 1 fully saturated rings. The molecule has 1 amide bonds. The lowest BCUT2D eigenvalue weighted by atomic mass is 10.1. The molecule has 0 aliphatic carbocycles. The Kier molecular flexibility index (Phi) is 9.40. The number of piperazine rings is 1. The van der Waals surface area contributed by atoms with Crippen LogP contribution in [0.3, 0.4) is 0 Å². The molecule has 0 aromatic heterocycles. The van der Waals surface area contributed by atoms with Gasteiger partial charge in [0, 0.05) is 56.1 Å². The van der Waals surface area contributed by atoms with Gasteiger partial charge in [-0.3, -0.25) is 14.6 Å². The van der Waals surface area contributed by atoms with Crippen molar-refractivity contribution in [3.05, 3.63) is 82.9 Å². The summed E-state index contributed by atoms with van der Waals surface area (Å²) in [6, 6.07) is 18.2. The lowest BCUT2D eigenvalue weighted by molar-refractivity contribution is 0.0600. The number of benzene rings is 3. The number of carbonyl (C=O) groups is 2. The number of hydrogen-bond acceptors (Lipinski definition) is 8. The summed E-state index contributed by atoms with van der Waals surface area (Å²) in [6.45, 7) is 4.79. The maximum atomic E-state index is 12.9. The lowest BCUT2D eigenvalue weighted by Crippen LogP contribution is -2.45. The van der Waals surface area contributed by atoms with Crippen LogP contribution < -0.4 is 19.5 Å². The minimum atomic E-state index is -0.448. The number of anilines is 1. The molecule has 0 atom stereocenters. The molecule has 1 N–H and O–H groups in total. The smallest absolute Gasteiger partial charge is 0.337 e. The Morgan fingerprint density at radius 1 is 0.718 bits per heavy atom. The molecule has 0 unspecified atom stereocenters. The number of ether oxygens (including phenoxy) is 4. The number of esters is 1. The summed E-state index contributed by atoms with van der Waals surface area (Å²) >= 11 is 0. The Labute approximate surface area is 229 Å². The minimum absolute atomic E-state index is 0.229. The summed E-state index contributed by atoms with van der Waals surface area (Å²) in [5.74, 6) is 1.24. The third kappa shape index (κ3) is 6.68. The van der Waals surface area contributed by atoms with Crippen molar-refractivity contribution in [2.24, 2.45) is 0 Å². The van der Waals surface area contributed by atoms with Crippen LogP contribution in [-0.4, -0.2) is 76.3 Å². The van der Waals surface area contributed by atoms with Crippen LogP contribution in [-0.2, 0) is 17.8 Å². The molecule has 39 heavy (non-hydrogen) atoms. The normalized spacial score (nSPS) is 13.9. The highest BCUT2D eigenvalue weighted by molar-refractivity contribution is 6.05. The molecule has 3 aromatic rings. The molecule has 1 saturated heterocycles. The molecule has 1 aliphatic rings. The molecule has 0 spiro atoms. The highest BCUT2D eigenvalue weighted by Gasteiger charge is 2.22. The monoisotopic (exact) mass is 533 g/mol. The lowest BCUT2D eigenvalue weighted by Gasteiger charge is -2.35. The van der Waals surface area contributed by atoms with Crippen molar-refractivity contribution < 1.29 is 28.5 Å². The van der Waals surface area contributed by atoms with Crippen molar-refractivity contribution in [1.82, 2.24) is 9.80 Å². The van der Waals surface area contributed by atoms with E-state index in [2.05, 4.69) is 15.1 Å². The number of methoxy groups -OCH3 is 4. The fourth-order valence-corrected chi connectivity index (χ4v) is 4.73. The first-order valence-corrected chi connectivity index (χ1v) is 12.8. The highest BCUT2D eigenvalue weighted by atomic mass is 16.5. The zero-order valence-corrected chi connectivity index (χ0v) is 22.9. The predicted molar refractivity (Wildman–Crippen MR) is 149 cm³/mol. The van der Waals surface area contributed by atoms with Crippen LogP contribution in [0, 0.1) is 0 Å². The molecule has 4 rings (SSSR count). The fourth-order valence-electron chi connectivity index (χ4n) is 4.73. The van der Waals surface area contributed by atoms with Crippen molar-refractivity contribution >= 4 is 17.6 Å². The van der Waals surface area contributed by atoms with Gasteiger partial charge in [-0.2, -0.15) is 0 Å². The van der Waals surface area contributed by atoms with Crippen LogP contribution in [0.2, 0.25) is 0 Å². The first-order valence-electron chi connectivity index (χ1n) is 12.8. The summed E-state index contributed by atoms with van der Waals surface area (Å²) < 4.78 is 21.5. The molecule has 206 valence electrons. The Morgan fingerprint density at radius 3 is 1.92 bits per heavy atom. The van der Waals surface area contributed by atoms with Crippen LogP contribution >= 0.6 is 0 Å². The van der Waals surface area contributed by atoms with E-state index >= 15 is 0 Å². The Hall–Kier alpha value is -4.08. The number of hydrogen-bond donors (Lipinski definition) is 1. The van der Waals surface area contributed by atoms with Gasteiger partial charge in [0.15, 0.2) is 11.5 Å². The third-order valence-corrected chi connectivity index (χ3v) is 6.85. The van der Waals surface area contributed by atoms with E-state index in [1.165, 1.54) is 7.11 Å². The van der Waals surface area contributed by atoms with E-state index in [4.69, 9.17) is 18.9 Å². The van der Waals surface area contributed by atoms with Gasteiger partial charge < -0.3 is 24.3 Å². The van der Waals surface area contributed by atoms with Crippen LogP contribution in [0.15, 0.2) is 60.7 Å². The van der Waals surface area contributed by atoms with E-state index in [1.54, 1.807) is 45.6 Å². The number of nitrogens with one attached hydrogen (secondary N) is 1. The topological polar surface area (TPSA) is 89.6 Å². The van der Waals surface area contributed by atoms with E-state index in [0.717, 1.165) is 43.9 Å². The molecule has 0 bridgehead atoms. The Bertz CT molecular complexity index is 1290. The Morgan fingerprint density at radius 2 is 1.33 bits per heavy atom. The first-order chi connectivity index (χ1) is 19.0. The number of nitrogens with zero attached hydrogens (tertiary/aromatic N) is 2. The summed E-state index contributed by atoms with van der Waals surface area (Å²) in [5, 5.41) is 2.99. The van der Waals surface area contributed by atoms with Gasteiger partial charge in [-0.05, 0) is 35.9 Å². The van der Waals surface area contributed by atoms with Crippen LogP contribution in [0.4, 0.5) is 5.69 Å². The zero-order chi connectivity index (χ0) is 27.8. The van der Waals surface area contributed by atoms with Gasteiger partial charge in [0.25, 0.3) is 5.91 Å². The van der Waals surface area contributed by atoms with Crippen molar-refractivity contribution in [3.63, 3.8) is 0 Å². The van der Waals surface area contributed by atoms with Gasteiger partial charge in [0.05, 0.1) is 34.0 Å². The van der Waals surface area contributed by atoms with Gasteiger partial charge in [0.1, 0.15) is 0 Å². The molecule has 1 aliphatic heterocycles. The molecule has 3 aromatic carbocycles. The van der Waals surface area contributed by atoms with E-state index in [1.807, 2.05) is 36.4 Å². The number of amides is 1. The van der Waals surface area contributed by atoms with Gasteiger partial charge in [-0.25, -0.2) is 4.79 Å². The molecular formula is C30H35N3O6. The van der Waals surface area contributed by atoms with Gasteiger partial charge in [-0.1, -0.05) is 30.3 Å². The minimum Gasteiger partial charge on any atom is -0.493 e. The Balaban J connectivity index is 1.44. The molecule has 0 radical (unpaired) electrons. The maximum absolute atomic E-state index is 12.9. The second-order valence-corrected chi connectivity index (χ2v) is 9.23. The molecular weight excluding hydrogens is 498 g/mol. The molecule has 9 heteroatoms. The van der Waals surface area contributed by atoms with Gasteiger partial charge in [-0.15, -0.1) is 0 Å². The summed E-state index contributed by atoms with van der Waals surface area (Å²) in [6.07, 6.45) is 0. The summed E-state index contributed by atoms with van der Waals surface area (Å²) in [7, 11) is 6.20. The van der Waals surface area contributed by atoms with Gasteiger partial charge in [0.2, 0.25) is 5.75 Å². The van der Waals surface area contributed by atoms with Crippen molar-refractivity contribution in [2.75, 3.05) is 59.9 Å². The SMILES string of the molecule is COC(=O)c1ccc(CN2CCN(Cc3ccc(OC)c(OC)c3OC)CC2)c(NC(=O)c2ccccc2)c1. The van der Waals surface area contributed by atoms with Crippen molar-refractivity contribution in [2.45, 2.75) is 13.1 Å². The number of rotatable bonds is 10. The van der Waals surface area contributed by atoms with E-state index in [-0.39, 0.29) is 5.91 Å². The van der Waals surface area contributed by atoms with E-state index < -0.39 is 5.97 Å². The second-order valence-electron chi connectivity index (χ2n) is 9.23. The van der Waals surface area contributed by atoms with Crippen molar-refractivity contribution in [3.8, 4) is 17.2 Å². The van der Waals surface area contributed by atoms with Crippen molar-refractivity contribution in [1.29, 1.82) is 0 Å². The molecule has 0 saturated carbocycles. The fraction of sp³-hybridized carbons (Fsp3) is 0.333. The summed E-state index contributed by atoms with van der Waals surface area (Å²) in [5.41, 5.74) is 3.50. The maximum Gasteiger partial charge on any atom is 0.337 e. The van der Waals surface area contributed by atoms with Crippen LogP contribution in [0.5, 0.6) is 17.2 Å². The quantitative estimate of drug-likeness (QED) is 0.390. The van der Waals surface area contributed by atoms with Crippen LogP contribution in [0.1, 0.15) is 31.8 Å². The zero-order valence-electron chi connectivity index (χ0n) is 22.9. The standard InChI is InChI=1S/C30H35N3O6/c1-36-26-13-12-24(27(37-2)28(26)38-3)20-33-16-14-32(15-17-33)19-23-11-10-22(30(35)39-4)18-25(23)31-29(34)21-8-6-5-7-9-21/h5-13,18H,14-17,19-20H2,1-4H3,(H,31,34). The average molecular weight is 534 g/mol. The predicted octanol–water partition coefficient (Wildman–Crippen LogP) is 4.07. The molecule has 9 nitrogen and oxygen atoms in total.